The number of rotatable bonds is 8. The average Bonchev–Trinajstić information content (AvgIpc) is 3.22. The van der Waals surface area contributed by atoms with Crippen molar-refractivity contribution in [1.82, 2.24) is 24.9 Å². The second-order valence-corrected chi connectivity index (χ2v) is 11.6. The normalized spacial score (nSPS) is 19.9. The van der Waals surface area contributed by atoms with Gasteiger partial charge in [-0.2, -0.15) is 0 Å². The minimum Gasteiger partial charge on any atom is -0.457 e. The summed E-state index contributed by atoms with van der Waals surface area (Å²) in [5, 5.41) is 3.07. The highest BCUT2D eigenvalue weighted by Gasteiger charge is 2.47. The van der Waals surface area contributed by atoms with Gasteiger partial charge in [-0.25, -0.2) is 4.79 Å². The minimum absolute atomic E-state index is 0.0468. The molecule has 0 spiro atoms. The van der Waals surface area contributed by atoms with E-state index in [4.69, 9.17) is 4.74 Å². The number of amides is 4. The summed E-state index contributed by atoms with van der Waals surface area (Å²) in [4.78, 5) is 49.6. The summed E-state index contributed by atoms with van der Waals surface area (Å²) in [7, 11) is 2.07. The highest BCUT2D eigenvalue weighted by atomic mass is 16.5. The van der Waals surface area contributed by atoms with Gasteiger partial charge in [0.1, 0.15) is 17.5 Å². The summed E-state index contributed by atoms with van der Waals surface area (Å²) in [5.74, 6) is 1.03. The van der Waals surface area contributed by atoms with E-state index in [2.05, 4.69) is 17.3 Å². The van der Waals surface area contributed by atoms with Gasteiger partial charge in [-0.15, -0.1) is 0 Å². The van der Waals surface area contributed by atoms with Crippen LogP contribution in [0.1, 0.15) is 30.5 Å². The SMILES string of the molecule is CCN1C(=O)NC(c2cccc(Oc3ccccc3)c2)C2=C1CN(C(Cc1ccccc1)C(=O)N1CCCN(C)CC1)C2=O. The number of para-hydroxylation sites is 1. The number of ether oxygens (including phenoxy) is 1. The summed E-state index contributed by atoms with van der Waals surface area (Å²) >= 11 is 0. The third-order valence-electron chi connectivity index (χ3n) is 8.70. The van der Waals surface area contributed by atoms with Crippen LogP contribution in [0, 0.1) is 0 Å². The quantitative estimate of drug-likeness (QED) is 0.418. The Morgan fingerprint density at radius 1 is 0.909 bits per heavy atom. The van der Waals surface area contributed by atoms with Crippen molar-refractivity contribution in [3.05, 3.63) is 107 Å². The number of benzene rings is 3. The largest absolute Gasteiger partial charge is 0.457 e. The third kappa shape index (κ3) is 6.05. The molecule has 3 aromatic carbocycles. The van der Waals surface area contributed by atoms with Gasteiger partial charge in [0.25, 0.3) is 5.91 Å². The van der Waals surface area contributed by atoms with Gasteiger partial charge >= 0.3 is 6.03 Å². The summed E-state index contributed by atoms with van der Waals surface area (Å²) < 4.78 is 6.07. The molecule has 0 aromatic heterocycles. The van der Waals surface area contributed by atoms with Gasteiger partial charge in [-0.05, 0) is 62.3 Å². The van der Waals surface area contributed by atoms with E-state index < -0.39 is 12.1 Å². The monoisotopic (exact) mass is 593 g/mol. The molecule has 0 saturated carbocycles. The van der Waals surface area contributed by atoms with E-state index in [1.165, 1.54) is 0 Å². The van der Waals surface area contributed by atoms with E-state index in [0.717, 1.165) is 30.6 Å². The first-order valence-electron chi connectivity index (χ1n) is 15.4. The molecule has 0 bridgehead atoms. The molecular formula is C35H39N5O4. The van der Waals surface area contributed by atoms with Crippen molar-refractivity contribution in [3.8, 4) is 11.5 Å². The lowest BCUT2D eigenvalue weighted by Gasteiger charge is -2.33. The Morgan fingerprint density at radius 2 is 1.64 bits per heavy atom. The molecule has 2 atom stereocenters. The smallest absolute Gasteiger partial charge is 0.322 e. The maximum Gasteiger partial charge on any atom is 0.322 e. The molecule has 3 aliphatic rings. The molecule has 6 rings (SSSR count). The van der Waals surface area contributed by atoms with E-state index >= 15 is 0 Å². The second-order valence-electron chi connectivity index (χ2n) is 11.6. The van der Waals surface area contributed by atoms with Crippen LogP contribution in [0.4, 0.5) is 4.79 Å². The number of nitrogens with one attached hydrogen (secondary N) is 1. The zero-order chi connectivity index (χ0) is 30.6. The molecule has 9 nitrogen and oxygen atoms in total. The standard InChI is InChI=1S/C35H39N5O4/c1-3-39-30-24-40(29(22-25-12-6-4-7-13-25)33(41)38-19-11-18-37(2)20-21-38)34(42)31(30)32(36-35(39)43)26-14-10-17-28(23-26)44-27-15-8-5-9-16-27/h4-10,12-17,23,29,32H,3,11,18-22,24H2,1-2H3,(H,36,43). The van der Waals surface area contributed by atoms with Crippen LogP contribution >= 0.6 is 0 Å². The Balaban J connectivity index is 1.33. The number of likely N-dealkylation sites (N-methyl/N-ethyl adjacent to an activating group) is 2. The Bertz CT molecular complexity index is 1540. The molecule has 228 valence electrons. The zero-order valence-corrected chi connectivity index (χ0v) is 25.3. The van der Waals surface area contributed by atoms with Crippen LogP contribution in [0.2, 0.25) is 0 Å². The van der Waals surface area contributed by atoms with Gasteiger partial charge in [0.2, 0.25) is 5.91 Å². The number of nitrogens with zero attached hydrogens (tertiary/aromatic N) is 4. The topological polar surface area (TPSA) is 85.4 Å². The van der Waals surface area contributed by atoms with Crippen LogP contribution < -0.4 is 10.1 Å². The molecule has 1 saturated heterocycles. The summed E-state index contributed by atoms with van der Waals surface area (Å²) in [5.41, 5.74) is 2.89. The molecule has 9 heteroatoms. The number of hydrogen-bond acceptors (Lipinski definition) is 5. The Morgan fingerprint density at radius 3 is 2.39 bits per heavy atom. The molecule has 4 amide bonds. The molecule has 0 aliphatic carbocycles. The Labute approximate surface area is 258 Å². The second kappa shape index (κ2) is 12.9. The van der Waals surface area contributed by atoms with E-state index in [1.54, 1.807) is 9.80 Å². The van der Waals surface area contributed by atoms with Gasteiger partial charge < -0.3 is 24.8 Å². The fourth-order valence-corrected chi connectivity index (χ4v) is 6.38. The van der Waals surface area contributed by atoms with E-state index in [0.29, 0.717) is 48.8 Å². The van der Waals surface area contributed by atoms with E-state index in [9.17, 15) is 14.4 Å². The predicted octanol–water partition coefficient (Wildman–Crippen LogP) is 4.44. The Hall–Kier alpha value is -4.63. The highest BCUT2D eigenvalue weighted by molar-refractivity contribution is 6.03. The van der Waals surface area contributed by atoms with Crippen LogP contribution in [-0.2, 0) is 16.0 Å². The fraction of sp³-hybridized carbons (Fsp3) is 0.343. The molecular weight excluding hydrogens is 554 g/mol. The van der Waals surface area contributed by atoms with Crippen LogP contribution in [0.3, 0.4) is 0 Å². The first-order chi connectivity index (χ1) is 21.4. The number of hydrogen-bond donors (Lipinski definition) is 1. The zero-order valence-electron chi connectivity index (χ0n) is 25.3. The summed E-state index contributed by atoms with van der Waals surface area (Å²) in [6, 6.07) is 25.2. The van der Waals surface area contributed by atoms with Crippen LogP contribution in [0.25, 0.3) is 0 Å². The van der Waals surface area contributed by atoms with Crippen molar-refractivity contribution in [1.29, 1.82) is 0 Å². The van der Waals surface area contributed by atoms with E-state index in [1.807, 2.05) is 96.8 Å². The van der Waals surface area contributed by atoms with Gasteiger partial charge in [0.15, 0.2) is 0 Å². The van der Waals surface area contributed by atoms with Gasteiger partial charge in [-0.3, -0.25) is 14.5 Å². The average molecular weight is 594 g/mol. The lowest BCUT2D eigenvalue weighted by atomic mass is 9.95. The predicted molar refractivity (Wildman–Crippen MR) is 168 cm³/mol. The highest BCUT2D eigenvalue weighted by Crippen LogP contribution is 2.38. The van der Waals surface area contributed by atoms with Crippen molar-refractivity contribution in [2.24, 2.45) is 0 Å². The van der Waals surface area contributed by atoms with Crippen molar-refractivity contribution < 1.29 is 19.1 Å². The van der Waals surface area contributed by atoms with Gasteiger partial charge in [0.05, 0.1) is 23.9 Å². The molecule has 1 N–H and O–H groups in total. The Kier molecular flexibility index (Phi) is 8.65. The molecule has 44 heavy (non-hydrogen) atoms. The van der Waals surface area contributed by atoms with Gasteiger partial charge in [-0.1, -0.05) is 60.7 Å². The van der Waals surface area contributed by atoms with Crippen molar-refractivity contribution in [2.75, 3.05) is 46.3 Å². The van der Waals surface area contributed by atoms with Crippen LogP contribution in [0.5, 0.6) is 11.5 Å². The molecule has 2 unspecified atom stereocenters. The first kappa shape index (κ1) is 29.4. The molecule has 3 aliphatic heterocycles. The van der Waals surface area contributed by atoms with Gasteiger partial charge in [0, 0.05) is 32.6 Å². The lowest BCUT2D eigenvalue weighted by Crippen LogP contribution is -2.52. The molecule has 0 radical (unpaired) electrons. The number of urea groups is 1. The van der Waals surface area contributed by atoms with E-state index in [-0.39, 0.29) is 24.4 Å². The third-order valence-corrected chi connectivity index (χ3v) is 8.70. The summed E-state index contributed by atoms with van der Waals surface area (Å²) in [6.45, 7) is 5.49. The first-order valence-corrected chi connectivity index (χ1v) is 15.4. The van der Waals surface area contributed by atoms with Crippen LogP contribution in [-0.4, -0.2) is 89.8 Å². The number of carbonyl (C=O) groups is 3. The van der Waals surface area contributed by atoms with Crippen molar-refractivity contribution in [3.63, 3.8) is 0 Å². The van der Waals surface area contributed by atoms with Crippen molar-refractivity contribution >= 4 is 17.8 Å². The summed E-state index contributed by atoms with van der Waals surface area (Å²) in [6.07, 6.45) is 1.28. The molecule has 1 fully saturated rings. The lowest BCUT2D eigenvalue weighted by molar-refractivity contribution is -0.142. The maximum atomic E-state index is 14.5. The van der Waals surface area contributed by atoms with Crippen LogP contribution in [0.15, 0.2) is 96.2 Å². The molecule has 3 aromatic rings. The molecule has 3 heterocycles. The maximum absolute atomic E-state index is 14.5. The van der Waals surface area contributed by atoms with Crippen molar-refractivity contribution in [2.45, 2.75) is 31.8 Å². The minimum atomic E-state index is -0.693. The number of carbonyl (C=O) groups excluding carboxylic acids is 3. The fourth-order valence-electron chi connectivity index (χ4n) is 6.38.